The molecule has 0 saturated carbocycles. The van der Waals surface area contributed by atoms with E-state index in [1.54, 1.807) is 13.2 Å². The molecule has 6 nitrogen and oxygen atoms in total. The maximum atomic E-state index is 12.2. The van der Waals surface area contributed by atoms with Crippen LogP contribution in [-0.2, 0) is 6.54 Å². The zero-order valence-corrected chi connectivity index (χ0v) is 16.0. The van der Waals surface area contributed by atoms with Crippen molar-refractivity contribution in [3.8, 4) is 5.75 Å². The molecule has 0 spiro atoms. The Labute approximate surface area is 163 Å². The predicted molar refractivity (Wildman–Crippen MR) is 108 cm³/mol. The third-order valence-electron chi connectivity index (χ3n) is 6.27. The van der Waals surface area contributed by atoms with Crippen molar-refractivity contribution in [2.24, 2.45) is 5.92 Å². The van der Waals surface area contributed by atoms with Gasteiger partial charge in [-0.05, 0) is 36.6 Å². The first-order valence-corrected chi connectivity index (χ1v) is 9.87. The molecule has 0 unspecified atom stereocenters. The van der Waals surface area contributed by atoms with Crippen molar-refractivity contribution in [2.45, 2.75) is 25.0 Å². The second kappa shape index (κ2) is 6.79. The van der Waals surface area contributed by atoms with Crippen LogP contribution in [0.1, 0.15) is 29.7 Å². The van der Waals surface area contributed by atoms with E-state index in [9.17, 15) is 9.90 Å². The van der Waals surface area contributed by atoms with E-state index in [1.165, 1.54) is 0 Å². The van der Waals surface area contributed by atoms with E-state index in [4.69, 9.17) is 4.74 Å². The minimum absolute atomic E-state index is 0.105. The van der Waals surface area contributed by atoms with Crippen molar-refractivity contribution >= 4 is 10.9 Å². The number of nitrogens with one attached hydrogen (secondary N) is 1. The average Bonchev–Trinajstić information content (AvgIpc) is 3.12. The summed E-state index contributed by atoms with van der Waals surface area (Å²) in [5.74, 6) is 1.60. The fourth-order valence-corrected chi connectivity index (χ4v) is 5.01. The number of nitrogens with zero attached hydrogens (tertiary/aromatic N) is 2. The second-order valence-corrected chi connectivity index (χ2v) is 8.09. The SMILES string of the molecule is COc1ccc2[nH]cc([C@H](O)CN3C[C@@H]4C[C@@H](C3)c3cccc(=O)n3C4)c2c1. The fraction of sp³-hybridized carbons (Fsp3) is 0.409. The van der Waals surface area contributed by atoms with Crippen LogP contribution < -0.4 is 10.3 Å². The summed E-state index contributed by atoms with van der Waals surface area (Å²) in [4.78, 5) is 17.8. The molecule has 5 rings (SSSR count). The summed E-state index contributed by atoms with van der Waals surface area (Å²) < 4.78 is 7.28. The number of hydrogen-bond donors (Lipinski definition) is 2. The molecule has 2 bridgehead atoms. The fourth-order valence-electron chi connectivity index (χ4n) is 5.01. The third kappa shape index (κ3) is 2.93. The molecular weight excluding hydrogens is 354 g/mol. The number of fused-ring (bicyclic) bond motifs is 5. The highest BCUT2D eigenvalue weighted by atomic mass is 16.5. The molecule has 3 atom stereocenters. The number of ether oxygens (including phenoxy) is 1. The number of aromatic nitrogens is 2. The lowest BCUT2D eigenvalue weighted by Gasteiger charge is -2.43. The van der Waals surface area contributed by atoms with E-state index >= 15 is 0 Å². The Morgan fingerprint density at radius 2 is 2.14 bits per heavy atom. The molecule has 0 radical (unpaired) electrons. The van der Waals surface area contributed by atoms with Crippen molar-refractivity contribution in [1.82, 2.24) is 14.5 Å². The summed E-state index contributed by atoms with van der Waals surface area (Å²) in [6, 6.07) is 11.5. The molecule has 2 aliphatic heterocycles. The number of β-amino-alcohol motifs (C(OH)–C–C–N with tert-alkyl or cyclic N) is 1. The Morgan fingerprint density at radius 1 is 1.25 bits per heavy atom. The lowest BCUT2D eigenvalue weighted by Crippen LogP contribution is -2.48. The van der Waals surface area contributed by atoms with E-state index < -0.39 is 6.10 Å². The van der Waals surface area contributed by atoms with Gasteiger partial charge in [-0.2, -0.15) is 0 Å². The lowest BCUT2D eigenvalue weighted by molar-refractivity contribution is 0.0627. The van der Waals surface area contributed by atoms with E-state index in [2.05, 4.69) is 16.0 Å². The zero-order valence-electron chi connectivity index (χ0n) is 16.0. The minimum Gasteiger partial charge on any atom is -0.497 e. The third-order valence-corrected chi connectivity index (χ3v) is 6.27. The molecule has 28 heavy (non-hydrogen) atoms. The van der Waals surface area contributed by atoms with Crippen molar-refractivity contribution in [1.29, 1.82) is 0 Å². The number of aliphatic hydroxyl groups is 1. The monoisotopic (exact) mass is 379 g/mol. The van der Waals surface area contributed by atoms with E-state index in [0.29, 0.717) is 18.4 Å². The summed E-state index contributed by atoms with van der Waals surface area (Å²) in [6.07, 6.45) is 2.45. The molecule has 4 heterocycles. The Bertz CT molecular complexity index is 1070. The van der Waals surface area contributed by atoms with Gasteiger partial charge in [-0.15, -0.1) is 0 Å². The molecule has 1 fully saturated rings. The highest BCUT2D eigenvalue weighted by Crippen LogP contribution is 2.36. The van der Waals surface area contributed by atoms with Crippen LogP contribution in [0.3, 0.4) is 0 Å². The van der Waals surface area contributed by atoms with Crippen LogP contribution in [-0.4, -0.2) is 46.3 Å². The largest absolute Gasteiger partial charge is 0.497 e. The molecule has 2 aliphatic rings. The molecular formula is C22H25N3O3. The summed E-state index contributed by atoms with van der Waals surface area (Å²) >= 11 is 0. The lowest BCUT2D eigenvalue weighted by atomic mass is 9.83. The van der Waals surface area contributed by atoms with Crippen molar-refractivity contribution in [3.63, 3.8) is 0 Å². The second-order valence-electron chi connectivity index (χ2n) is 8.09. The molecule has 1 aromatic carbocycles. The van der Waals surface area contributed by atoms with Crippen LogP contribution in [0.25, 0.3) is 10.9 Å². The molecule has 0 aliphatic carbocycles. The standard InChI is InChI=1S/C22H25N3O3/c1-28-16-5-6-19-17(8-16)18(9-23-19)21(26)13-24-10-14-7-15(12-24)20-3-2-4-22(27)25(20)11-14/h2-6,8-9,14-15,21,23,26H,7,10-13H2,1H3/t14-,15-,21+/m0/s1. The van der Waals surface area contributed by atoms with Crippen molar-refractivity contribution in [3.05, 3.63) is 64.2 Å². The van der Waals surface area contributed by atoms with Gasteiger partial charge < -0.3 is 19.4 Å². The Hall–Kier alpha value is -2.57. The van der Waals surface area contributed by atoms with Crippen LogP contribution >= 0.6 is 0 Å². The molecule has 146 valence electrons. The Kier molecular flexibility index (Phi) is 4.25. The zero-order chi connectivity index (χ0) is 19.3. The first kappa shape index (κ1) is 17.5. The number of aromatic amines is 1. The number of benzene rings is 1. The number of methoxy groups -OCH3 is 1. The van der Waals surface area contributed by atoms with Crippen LogP contribution in [0.15, 0.2) is 47.4 Å². The van der Waals surface area contributed by atoms with Gasteiger partial charge in [-0.1, -0.05) is 6.07 Å². The molecule has 2 aromatic heterocycles. The number of piperidine rings is 1. The number of rotatable bonds is 4. The molecule has 1 saturated heterocycles. The minimum atomic E-state index is -0.572. The Morgan fingerprint density at radius 3 is 3.00 bits per heavy atom. The van der Waals surface area contributed by atoms with Crippen molar-refractivity contribution < 1.29 is 9.84 Å². The van der Waals surface area contributed by atoms with Gasteiger partial charge in [0.05, 0.1) is 13.2 Å². The van der Waals surface area contributed by atoms with Crippen LogP contribution in [0.5, 0.6) is 5.75 Å². The quantitative estimate of drug-likeness (QED) is 0.731. The van der Waals surface area contributed by atoms with Gasteiger partial charge in [0.1, 0.15) is 5.75 Å². The van der Waals surface area contributed by atoms with E-state index in [1.807, 2.05) is 35.0 Å². The molecule has 3 aromatic rings. The van der Waals surface area contributed by atoms with Crippen LogP contribution in [0.2, 0.25) is 0 Å². The molecule has 2 N–H and O–H groups in total. The maximum absolute atomic E-state index is 12.2. The number of H-pyrrole nitrogens is 1. The number of hydrogen-bond acceptors (Lipinski definition) is 4. The van der Waals surface area contributed by atoms with E-state index in [-0.39, 0.29) is 5.56 Å². The Balaban J connectivity index is 1.37. The topological polar surface area (TPSA) is 70.5 Å². The summed E-state index contributed by atoms with van der Waals surface area (Å²) in [5.41, 5.74) is 3.15. The summed E-state index contributed by atoms with van der Waals surface area (Å²) in [7, 11) is 1.65. The van der Waals surface area contributed by atoms with Gasteiger partial charge >= 0.3 is 0 Å². The normalized spacial score (nSPS) is 22.8. The van der Waals surface area contributed by atoms with Gasteiger partial charge in [0, 0.05) is 66.5 Å². The van der Waals surface area contributed by atoms with Crippen LogP contribution in [0.4, 0.5) is 0 Å². The van der Waals surface area contributed by atoms with Gasteiger partial charge in [-0.3, -0.25) is 9.69 Å². The number of pyridine rings is 1. The van der Waals surface area contributed by atoms with Gasteiger partial charge in [0.25, 0.3) is 5.56 Å². The van der Waals surface area contributed by atoms with Gasteiger partial charge in [0.2, 0.25) is 0 Å². The first-order chi connectivity index (χ1) is 13.6. The maximum Gasteiger partial charge on any atom is 0.250 e. The van der Waals surface area contributed by atoms with Crippen molar-refractivity contribution in [2.75, 3.05) is 26.7 Å². The highest BCUT2D eigenvalue weighted by molar-refractivity contribution is 5.85. The summed E-state index contributed by atoms with van der Waals surface area (Å²) in [5, 5.41) is 12.0. The first-order valence-electron chi connectivity index (χ1n) is 9.87. The van der Waals surface area contributed by atoms with E-state index in [0.717, 1.165) is 54.0 Å². The predicted octanol–water partition coefficient (Wildman–Crippen LogP) is 2.49. The van der Waals surface area contributed by atoms with Gasteiger partial charge in [-0.25, -0.2) is 0 Å². The number of aliphatic hydroxyl groups excluding tert-OH is 1. The number of likely N-dealkylation sites (tertiary alicyclic amines) is 1. The average molecular weight is 379 g/mol. The summed E-state index contributed by atoms with van der Waals surface area (Å²) in [6.45, 7) is 3.17. The molecule has 0 amide bonds. The highest BCUT2D eigenvalue weighted by Gasteiger charge is 2.35. The smallest absolute Gasteiger partial charge is 0.250 e. The van der Waals surface area contributed by atoms with Crippen LogP contribution in [0, 0.1) is 5.92 Å². The van der Waals surface area contributed by atoms with Gasteiger partial charge in [0.15, 0.2) is 0 Å². The molecule has 6 heteroatoms.